The average Bonchev–Trinajstić information content (AvgIpc) is 2.64. The smallest absolute Gasteiger partial charge is 0.257 e. The van der Waals surface area contributed by atoms with Crippen LogP contribution in [-0.2, 0) is 0 Å². The molecule has 5 nitrogen and oxygen atoms in total. The summed E-state index contributed by atoms with van der Waals surface area (Å²) in [5, 5.41) is 6.61. The molecule has 1 heterocycles. The number of rotatable bonds is 6. The van der Waals surface area contributed by atoms with Crippen molar-refractivity contribution >= 4 is 22.5 Å². The van der Waals surface area contributed by atoms with E-state index in [1.807, 2.05) is 31.2 Å². The second kappa shape index (κ2) is 7.99. The van der Waals surface area contributed by atoms with Gasteiger partial charge in [0, 0.05) is 29.9 Å². The number of nitrogens with zero attached hydrogens (tertiary/aromatic N) is 1. The van der Waals surface area contributed by atoms with Crippen LogP contribution in [0.25, 0.3) is 10.9 Å². The topological polar surface area (TPSA) is 63.2 Å². The third-order valence-electron chi connectivity index (χ3n) is 4.07. The number of nitrogens with one attached hydrogen (secondary N) is 2. The van der Waals surface area contributed by atoms with Gasteiger partial charge in [-0.25, -0.2) is 13.8 Å². The van der Waals surface area contributed by atoms with Crippen LogP contribution >= 0.6 is 0 Å². The number of pyridine rings is 1. The number of carbonyl (C=O) groups excluding carboxylic acids is 1. The fourth-order valence-corrected chi connectivity index (χ4v) is 2.84. The number of carbonyl (C=O) groups is 1. The molecule has 7 heteroatoms. The van der Waals surface area contributed by atoms with E-state index in [1.54, 1.807) is 7.11 Å². The van der Waals surface area contributed by atoms with Crippen LogP contribution in [0.1, 0.15) is 16.1 Å². The number of benzene rings is 2. The summed E-state index contributed by atoms with van der Waals surface area (Å²) in [6, 6.07) is 10.8. The monoisotopic (exact) mass is 371 g/mol. The normalized spacial score (nSPS) is 10.7. The molecule has 0 aliphatic heterocycles. The van der Waals surface area contributed by atoms with Gasteiger partial charge in [0.1, 0.15) is 28.5 Å². The molecule has 27 heavy (non-hydrogen) atoms. The van der Waals surface area contributed by atoms with Gasteiger partial charge < -0.3 is 15.4 Å². The van der Waals surface area contributed by atoms with Crippen LogP contribution < -0.4 is 15.4 Å². The maximum absolute atomic E-state index is 13.6. The molecule has 3 rings (SSSR count). The number of fused-ring (bicyclic) bond motifs is 1. The minimum atomic E-state index is -0.886. The van der Waals surface area contributed by atoms with Crippen LogP contribution in [0.2, 0.25) is 0 Å². The number of aryl methyl sites for hydroxylation is 1. The van der Waals surface area contributed by atoms with E-state index in [0.717, 1.165) is 34.4 Å². The molecule has 1 aromatic heterocycles. The predicted octanol–water partition coefficient (Wildman–Crippen LogP) is 3.67. The maximum Gasteiger partial charge on any atom is 0.257 e. The Hall–Kier alpha value is -3.22. The lowest BCUT2D eigenvalue weighted by Crippen LogP contribution is -2.30. The highest BCUT2D eigenvalue weighted by molar-refractivity contribution is 5.96. The molecular formula is C20H19F2N3O2. The summed E-state index contributed by atoms with van der Waals surface area (Å²) in [5.74, 6) is -1.89. The van der Waals surface area contributed by atoms with Crippen LogP contribution in [0.4, 0.5) is 14.5 Å². The Morgan fingerprint density at radius 2 is 1.81 bits per heavy atom. The average molecular weight is 371 g/mol. The number of aromatic nitrogens is 1. The number of ether oxygens (including phenoxy) is 1. The molecule has 0 unspecified atom stereocenters. The third-order valence-corrected chi connectivity index (χ3v) is 4.07. The Kier molecular flexibility index (Phi) is 5.49. The van der Waals surface area contributed by atoms with Crippen molar-refractivity contribution in [2.24, 2.45) is 0 Å². The number of hydrogen-bond acceptors (Lipinski definition) is 4. The number of halogens is 2. The van der Waals surface area contributed by atoms with Gasteiger partial charge in [-0.3, -0.25) is 4.79 Å². The van der Waals surface area contributed by atoms with Crippen LogP contribution in [0.15, 0.2) is 42.5 Å². The second-order valence-electron chi connectivity index (χ2n) is 5.95. The van der Waals surface area contributed by atoms with Gasteiger partial charge in [0.15, 0.2) is 0 Å². The first-order valence-electron chi connectivity index (χ1n) is 8.41. The molecule has 0 atom stereocenters. The summed E-state index contributed by atoms with van der Waals surface area (Å²) in [7, 11) is 1.59. The first-order valence-corrected chi connectivity index (χ1v) is 8.41. The van der Waals surface area contributed by atoms with Crippen LogP contribution in [0, 0.1) is 18.6 Å². The molecule has 1 amide bonds. The van der Waals surface area contributed by atoms with Crippen LogP contribution in [0.5, 0.6) is 5.75 Å². The Bertz CT molecular complexity index is 972. The number of para-hydroxylation sites is 1. The largest absolute Gasteiger partial charge is 0.494 e. The van der Waals surface area contributed by atoms with E-state index in [2.05, 4.69) is 15.6 Å². The molecule has 0 aliphatic rings. The fraction of sp³-hybridized carbons (Fsp3) is 0.200. The molecule has 2 N–H and O–H groups in total. The second-order valence-corrected chi connectivity index (χ2v) is 5.95. The number of hydrogen-bond donors (Lipinski definition) is 2. The van der Waals surface area contributed by atoms with Crippen molar-refractivity contribution in [3.05, 3.63) is 65.4 Å². The van der Waals surface area contributed by atoms with Crippen LogP contribution in [0.3, 0.4) is 0 Å². The summed E-state index contributed by atoms with van der Waals surface area (Å²) in [4.78, 5) is 16.5. The fourth-order valence-electron chi connectivity index (χ4n) is 2.84. The molecule has 0 aliphatic carbocycles. The Morgan fingerprint density at radius 3 is 2.52 bits per heavy atom. The minimum Gasteiger partial charge on any atom is -0.494 e. The number of methoxy groups -OCH3 is 1. The lowest BCUT2D eigenvalue weighted by molar-refractivity contribution is 0.0946. The van der Waals surface area contributed by atoms with Crippen molar-refractivity contribution in [1.29, 1.82) is 0 Å². The van der Waals surface area contributed by atoms with Gasteiger partial charge in [-0.15, -0.1) is 0 Å². The van der Waals surface area contributed by atoms with E-state index in [4.69, 9.17) is 4.74 Å². The predicted molar refractivity (Wildman–Crippen MR) is 100 cm³/mol. The van der Waals surface area contributed by atoms with E-state index in [9.17, 15) is 13.6 Å². The van der Waals surface area contributed by atoms with Gasteiger partial charge in [0.25, 0.3) is 5.91 Å². The molecular weight excluding hydrogens is 352 g/mol. The van der Waals surface area contributed by atoms with Gasteiger partial charge in [-0.05, 0) is 31.2 Å². The summed E-state index contributed by atoms with van der Waals surface area (Å²) in [5.41, 5.74) is 1.81. The van der Waals surface area contributed by atoms with E-state index in [-0.39, 0.29) is 6.54 Å². The van der Waals surface area contributed by atoms with Gasteiger partial charge in [-0.2, -0.15) is 0 Å². The van der Waals surface area contributed by atoms with E-state index >= 15 is 0 Å². The van der Waals surface area contributed by atoms with Crippen molar-refractivity contribution < 1.29 is 18.3 Å². The van der Waals surface area contributed by atoms with Crippen LogP contribution in [-0.4, -0.2) is 31.1 Å². The number of anilines is 1. The van der Waals surface area contributed by atoms with E-state index in [1.165, 1.54) is 6.07 Å². The highest BCUT2D eigenvalue weighted by Gasteiger charge is 2.16. The van der Waals surface area contributed by atoms with Gasteiger partial charge in [-0.1, -0.05) is 18.2 Å². The Balaban J connectivity index is 1.68. The molecule has 0 spiro atoms. The quantitative estimate of drug-likeness (QED) is 0.649. The Labute approximate surface area is 155 Å². The standard InChI is InChI=1S/C20H19F2N3O2/c1-12-11-16(13-5-3-8-17(27-2)19(13)25-12)23-9-10-24-20(26)18-14(21)6-4-7-15(18)22/h3-8,11H,9-10H2,1-2H3,(H,23,25)(H,24,26). The van der Waals surface area contributed by atoms with Crippen molar-refractivity contribution in [2.75, 3.05) is 25.5 Å². The summed E-state index contributed by atoms with van der Waals surface area (Å²) in [6.07, 6.45) is 0. The highest BCUT2D eigenvalue weighted by Crippen LogP contribution is 2.29. The minimum absolute atomic E-state index is 0.194. The molecule has 0 bridgehead atoms. The van der Waals surface area contributed by atoms with Gasteiger partial charge in [0.05, 0.1) is 7.11 Å². The highest BCUT2D eigenvalue weighted by atomic mass is 19.1. The van der Waals surface area contributed by atoms with E-state index < -0.39 is 23.1 Å². The summed E-state index contributed by atoms with van der Waals surface area (Å²) in [6.45, 7) is 2.44. The van der Waals surface area contributed by atoms with Crippen molar-refractivity contribution in [2.45, 2.75) is 6.92 Å². The zero-order valence-electron chi connectivity index (χ0n) is 15.0. The van der Waals surface area contributed by atoms with Crippen molar-refractivity contribution in [3.63, 3.8) is 0 Å². The first-order chi connectivity index (χ1) is 13.0. The maximum atomic E-state index is 13.6. The molecule has 140 valence electrons. The summed E-state index contributed by atoms with van der Waals surface area (Å²) < 4.78 is 32.6. The zero-order valence-corrected chi connectivity index (χ0v) is 15.0. The Morgan fingerprint density at radius 1 is 1.11 bits per heavy atom. The first kappa shape index (κ1) is 18.6. The zero-order chi connectivity index (χ0) is 19.4. The third kappa shape index (κ3) is 3.97. The molecule has 0 radical (unpaired) electrons. The van der Waals surface area contributed by atoms with E-state index in [0.29, 0.717) is 12.3 Å². The molecule has 0 fully saturated rings. The lowest BCUT2D eigenvalue weighted by atomic mass is 10.1. The van der Waals surface area contributed by atoms with Crippen molar-refractivity contribution in [3.8, 4) is 5.75 Å². The molecule has 0 saturated carbocycles. The molecule has 0 saturated heterocycles. The van der Waals surface area contributed by atoms with Gasteiger partial charge in [0.2, 0.25) is 0 Å². The summed E-state index contributed by atoms with van der Waals surface area (Å²) >= 11 is 0. The van der Waals surface area contributed by atoms with Crippen molar-refractivity contribution in [1.82, 2.24) is 10.3 Å². The molecule has 3 aromatic rings. The molecule has 2 aromatic carbocycles. The van der Waals surface area contributed by atoms with Gasteiger partial charge >= 0.3 is 0 Å². The number of amides is 1. The SMILES string of the molecule is COc1cccc2c(NCCNC(=O)c3c(F)cccc3F)cc(C)nc12. The lowest BCUT2D eigenvalue weighted by Gasteiger charge is -2.13.